The molecule has 1 atom stereocenters. The van der Waals surface area contributed by atoms with E-state index in [4.69, 9.17) is 0 Å². The molecule has 0 heterocycles. The van der Waals surface area contributed by atoms with Gasteiger partial charge < -0.3 is 10.3 Å². The topological polar surface area (TPSA) is 35.6 Å². The highest BCUT2D eigenvalue weighted by Crippen LogP contribution is 2.20. The smallest absolute Gasteiger partial charge is 0.193 e. The molecule has 0 saturated heterocycles. The number of nitrogens with one attached hydrogen (secondary N) is 1. The molecule has 2 rings (SSSR count). The summed E-state index contributed by atoms with van der Waals surface area (Å²) in [5.41, 5.74) is 6.33. The lowest BCUT2D eigenvalue weighted by atomic mass is 10.0. The predicted molar refractivity (Wildman–Crippen MR) is 120 cm³/mol. The molecule has 0 fully saturated rings. The monoisotopic (exact) mass is 375 g/mol. The van der Waals surface area contributed by atoms with E-state index in [1.165, 1.54) is 0 Å². The first-order valence-electron chi connectivity index (χ1n) is 9.34. The zero-order chi connectivity index (χ0) is 20.5. The highest BCUT2D eigenvalue weighted by Gasteiger charge is 2.12. The molecule has 4 nitrogen and oxygen atoms in total. The van der Waals surface area contributed by atoms with E-state index < -0.39 is 0 Å². The van der Waals surface area contributed by atoms with Crippen molar-refractivity contribution in [3.05, 3.63) is 97.7 Å². The molecule has 0 saturated carbocycles. The summed E-state index contributed by atoms with van der Waals surface area (Å²) in [5, 5.41) is 1.83. The van der Waals surface area contributed by atoms with E-state index >= 15 is 0 Å². The number of carbonyl (C=O) groups is 1. The predicted octanol–water partition coefficient (Wildman–Crippen LogP) is 4.82. The molecule has 1 unspecified atom stereocenters. The Labute approximate surface area is 168 Å². The molecule has 2 aromatic rings. The van der Waals surface area contributed by atoms with Crippen LogP contribution in [0.4, 0.5) is 11.4 Å². The summed E-state index contributed by atoms with van der Waals surface area (Å²) in [4.78, 5) is 15.0. The van der Waals surface area contributed by atoms with E-state index in [2.05, 4.69) is 37.0 Å². The van der Waals surface area contributed by atoms with Gasteiger partial charge >= 0.3 is 0 Å². The van der Waals surface area contributed by atoms with E-state index in [1.807, 2.05) is 72.7 Å². The van der Waals surface area contributed by atoms with Crippen molar-refractivity contribution >= 4 is 17.2 Å². The number of anilines is 2. The maximum Gasteiger partial charge on any atom is 0.193 e. The van der Waals surface area contributed by atoms with Crippen molar-refractivity contribution in [3.8, 4) is 0 Å². The van der Waals surface area contributed by atoms with Gasteiger partial charge in [0.2, 0.25) is 0 Å². The minimum Gasteiger partial charge on any atom is -0.367 e. The molecule has 2 aromatic carbocycles. The van der Waals surface area contributed by atoms with Crippen LogP contribution >= 0.6 is 0 Å². The van der Waals surface area contributed by atoms with Gasteiger partial charge in [-0.1, -0.05) is 25.7 Å². The second-order valence-corrected chi connectivity index (χ2v) is 6.72. The first kappa shape index (κ1) is 21.0. The van der Waals surface area contributed by atoms with Crippen molar-refractivity contribution in [1.82, 2.24) is 5.43 Å². The largest absolute Gasteiger partial charge is 0.367 e. The SMILES string of the molecule is C=CCN(CC(C)C=C)c1ccc(C(=O)c2ccc(N(C)NC=C)cc2)cc1. The Morgan fingerprint density at radius 1 is 1.00 bits per heavy atom. The highest BCUT2D eigenvalue weighted by atomic mass is 16.1. The van der Waals surface area contributed by atoms with E-state index in [9.17, 15) is 4.79 Å². The Morgan fingerprint density at radius 3 is 2.00 bits per heavy atom. The van der Waals surface area contributed by atoms with Gasteiger partial charge in [0.15, 0.2) is 5.78 Å². The molecule has 0 amide bonds. The van der Waals surface area contributed by atoms with Crippen LogP contribution in [0.1, 0.15) is 22.8 Å². The summed E-state index contributed by atoms with van der Waals surface area (Å²) < 4.78 is 0. The Balaban J connectivity index is 2.15. The van der Waals surface area contributed by atoms with Gasteiger partial charge in [-0.3, -0.25) is 9.80 Å². The number of hydrogen-bond donors (Lipinski definition) is 1. The minimum absolute atomic E-state index is 0.00663. The molecule has 4 heteroatoms. The molecule has 0 radical (unpaired) electrons. The van der Waals surface area contributed by atoms with Crippen LogP contribution in [-0.2, 0) is 0 Å². The second kappa shape index (κ2) is 10.2. The number of rotatable bonds is 11. The average molecular weight is 376 g/mol. The van der Waals surface area contributed by atoms with Gasteiger partial charge in [0.1, 0.15) is 0 Å². The van der Waals surface area contributed by atoms with Crippen LogP contribution in [0.3, 0.4) is 0 Å². The molecule has 0 aliphatic heterocycles. The quantitative estimate of drug-likeness (QED) is 0.347. The molecule has 0 bridgehead atoms. The number of hydrogen-bond acceptors (Lipinski definition) is 4. The van der Waals surface area contributed by atoms with E-state index in [1.54, 1.807) is 6.20 Å². The number of hydrazine groups is 1. The van der Waals surface area contributed by atoms with Crippen molar-refractivity contribution in [2.24, 2.45) is 5.92 Å². The van der Waals surface area contributed by atoms with Gasteiger partial charge in [0, 0.05) is 43.2 Å². The third-order valence-corrected chi connectivity index (χ3v) is 4.56. The molecule has 28 heavy (non-hydrogen) atoms. The van der Waals surface area contributed by atoms with Crippen LogP contribution in [0.25, 0.3) is 0 Å². The zero-order valence-corrected chi connectivity index (χ0v) is 16.8. The van der Waals surface area contributed by atoms with Gasteiger partial charge in [0.25, 0.3) is 0 Å². The molecule has 0 aliphatic rings. The second-order valence-electron chi connectivity index (χ2n) is 6.72. The van der Waals surface area contributed by atoms with Gasteiger partial charge in [0.05, 0.1) is 5.69 Å². The average Bonchev–Trinajstić information content (AvgIpc) is 2.73. The number of nitrogens with zero attached hydrogens (tertiary/aromatic N) is 2. The van der Waals surface area contributed by atoms with Crippen molar-refractivity contribution < 1.29 is 4.79 Å². The fourth-order valence-corrected chi connectivity index (χ4v) is 2.90. The van der Waals surface area contributed by atoms with Crippen LogP contribution in [0.2, 0.25) is 0 Å². The van der Waals surface area contributed by atoms with Crippen molar-refractivity contribution in [3.63, 3.8) is 0 Å². The van der Waals surface area contributed by atoms with Crippen molar-refractivity contribution in [2.45, 2.75) is 6.92 Å². The third-order valence-electron chi connectivity index (χ3n) is 4.56. The van der Waals surface area contributed by atoms with E-state index in [-0.39, 0.29) is 5.78 Å². The van der Waals surface area contributed by atoms with Gasteiger partial charge in [-0.25, -0.2) is 0 Å². The number of carbonyl (C=O) groups excluding carboxylic acids is 1. The number of ketones is 1. The lowest BCUT2D eigenvalue weighted by Crippen LogP contribution is -2.29. The minimum atomic E-state index is 0.00663. The normalized spacial score (nSPS) is 11.2. The maximum absolute atomic E-state index is 12.8. The molecular formula is C24H29N3O. The van der Waals surface area contributed by atoms with Gasteiger partial charge in [-0.15, -0.1) is 13.2 Å². The Morgan fingerprint density at radius 2 is 1.54 bits per heavy atom. The van der Waals surface area contributed by atoms with Crippen molar-refractivity contribution in [1.29, 1.82) is 0 Å². The summed E-state index contributed by atoms with van der Waals surface area (Å²) in [7, 11) is 1.89. The lowest BCUT2D eigenvalue weighted by Gasteiger charge is -2.25. The van der Waals surface area contributed by atoms with Crippen LogP contribution < -0.4 is 15.3 Å². The first-order valence-corrected chi connectivity index (χ1v) is 9.34. The first-order chi connectivity index (χ1) is 13.5. The highest BCUT2D eigenvalue weighted by molar-refractivity contribution is 6.09. The van der Waals surface area contributed by atoms with Crippen molar-refractivity contribution in [2.75, 3.05) is 30.0 Å². The maximum atomic E-state index is 12.8. The Kier molecular flexibility index (Phi) is 7.64. The van der Waals surface area contributed by atoms with Crippen LogP contribution in [0.5, 0.6) is 0 Å². The molecule has 0 aromatic heterocycles. The summed E-state index contributed by atoms with van der Waals surface area (Å²) in [6, 6.07) is 15.2. The third kappa shape index (κ3) is 5.36. The molecule has 1 N–H and O–H groups in total. The fraction of sp³-hybridized carbons (Fsp3) is 0.208. The number of benzene rings is 2. The fourth-order valence-electron chi connectivity index (χ4n) is 2.90. The van der Waals surface area contributed by atoms with E-state index in [0.717, 1.165) is 24.5 Å². The molecule has 0 aliphatic carbocycles. The van der Waals surface area contributed by atoms with Gasteiger partial charge in [-0.05, 0) is 54.4 Å². The standard InChI is InChI=1S/C24H29N3O/c1-6-17-27(18-19(4)7-2)23-15-11-21(12-16-23)24(28)20-9-13-22(14-10-20)26(5)25-8-3/h6-16,19,25H,1-3,17-18H2,4-5H3. The molecule has 146 valence electrons. The lowest BCUT2D eigenvalue weighted by molar-refractivity contribution is 0.103. The summed E-state index contributed by atoms with van der Waals surface area (Å²) in [6.45, 7) is 15.1. The van der Waals surface area contributed by atoms with Crippen LogP contribution in [0, 0.1) is 5.92 Å². The summed E-state index contributed by atoms with van der Waals surface area (Å²) in [5.74, 6) is 0.376. The van der Waals surface area contributed by atoms with Crippen LogP contribution in [0.15, 0.2) is 86.6 Å². The van der Waals surface area contributed by atoms with Crippen LogP contribution in [-0.4, -0.2) is 25.9 Å². The Bertz CT molecular complexity index is 809. The van der Waals surface area contributed by atoms with E-state index in [0.29, 0.717) is 17.0 Å². The molecule has 0 spiro atoms. The summed E-state index contributed by atoms with van der Waals surface area (Å²) >= 11 is 0. The summed E-state index contributed by atoms with van der Waals surface area (Å²) in [6.07, 6.45) is 5.43. The van der Waals surface area contributed by atoms with Gasteiger partial charge in [-0.2, -0.15) is 0 Å². The Hall–Kier alpha value is -3.27. The molecular weight excluding hydrogens is 346 g/mol. The zero-order valence-electron chi connectivity index (χ0n) is 16.8.